The van der Waals surface area contributed by atoms with Crippen LogP contribution in [0.25, 0.3) is 0 Å². The van der Waals surface area contributed by atoms with Crippen molar-refractivity contribution < 1.29 is 19.7 Å². The number of aromatic nitrogens is 1. The highest BCUT2D eigenvalue weighted by atomic mass is 35.5. The fourth-order valence-corrected chi connectivity index (χ4v) is 1.48. The fraction of sp³-hybridized carbons (Fsp3) is 0.455. The Kier molecular flexibility index (Phi) is 6.42. The van der Waals surface area contributed by atoms with Gasteiger partial charge in [0.1, 0.15) is 11.0 Å². The van der Waals surface area contributed by atoms with Crippen LogP contribution in [0, 0.1) is 0 Å². The van der Waals surface area contributed by atoms with Gasteiger partial charge in [-0.3, -0.25) is 0 Å². The normalized spacial score (nSPS) is 10.3. The molecule has 1 heterocycles. The summed E-state index contributed by atoms with van der Waals surface area (Å²) in [6, 6.07) is 2.71. The minimum Gasteiger partial charge on any atom is -0.478 e. The zero-order valence-electron chi connectivity index (χ0n) is 9.73. The van der Waals surface area contributed by atoms with Gasteiger partial charge in [-0.2, -0.15) is 0 Å². The van der Waals surface area contributed by atoms with Gasteiger partial charge in [0.25, 0.3) is 0 Å². The molecule has 0 aliphatic heterocycles. The predicted molar refractivity (Wildman–Crippen MR) is 67.2 cm³/mol. The third kappa shape index (κ3) is 5.31. The van der Waals surface area contributed by atoms with E-state index in [-0.39, 0.29) is 17.3 Å². The van der Waals surface area contributed by atoms with Crippen LogP contribution < -0.4 is 5.32 Å². The van der Waals surface area contributed by atoms with E-state index >= 15 is 0 Å². The number of carboxylic acid groups (broad SMARTS) is 1. The molecule has 0 aliphatic carbocycles. The first-order valence-corrected chi connectivity index (χ1v) is 5.84. The van der Waals surface area contributed by atoms with Crippen molar-refractivity contribution in [1.82, 2.24) is 4.98 Å². The van der Waals surface area contributed by atoms with Gasteiger partial charge in [-0.15, -0.1) is 0 Å². The average molecular weight is 275 g/mol. The van der Waals surface area contributed by atoms with Crippen LogP contribution in [0.1, 0.15) is 16.8 Å². The smallest absolute Gasteiger partial charge is 0.335 e. The van der Waals surface area contributed by atoms with Gasteiger partial charge in [0.2, 0.25) is 0 Å². The number of aliphatic hydroxyl groups is 1. The average Bonchev–Trinajstić information content (AvgIpc) is 2.33. The summed E-state index contributed by atoms with van der Waals surface area (Å²) in [4.78, 5) is 14.8. The molecule has 18 heavy (non-hydrogen) atoms. The number of carboxylic acids is 1. The van der Waals surface area contributed by atoms with Crippen LogP contribution in [0.2, 0.25) is 5.15 Å². The Morgan fingerprint density at radius 3 is 2.89 bits per heavy atom. The molecule has 0 aromatic carbocycles. The van der Waals surface area contributed by atoms with Crippen LogP contribution in [-0.2, 0) is 4.74 Å². The third-order valence-electron chi connectivity index (χ3n) is 2.05. The molecule has 0 saturated carbocycles. The number of aliphatic hydroxyl groups excluding tert-OH is 1. The van der Waals surface area contributed by atoms with E-state index in [9.17, 15) is 4.79 Å². The van der Waals surface area contributed by atoms with Crippen LogP contribution >= 0.6 is 11.6 Å². The lowest BCUT2D eigenvalue weighted by Gasteiger charge is -2.07. The lowest BCUT2D eigenvalue weighted by Crippen LogP contribution is -2.09. The molecule has 0 spiro atoms. The summed E-state index contributed by atoms with van der Waals surface area (Å²) >= 11 is 5.71. The fourth-order valence-electron chi connectivity index (χ4n) is 1.27. The van der Waals surface area contributed by atoms with Crippen LogP contribution in [0.4, 0.5) is 5.82 Å². The van der Waals surface area contributed by atoms with E-state index in [0.29, 0.717) is 25.6 Å². The number of carbonyl (C=O) groups is 1. The lowest BCUT2D eigenvalue weighted by molar-refractivity contribution is 0.0697. The zero-order valence-corrected chi connectivity index (χ0v) is 10.5. The van der Waals surface area contributed by atoms with Crippen LogP contribution in [-0.4, -0.2) is 47.5 Å². The van der Waals surface area contributed by atoms with Crippen LogP contribution in [0.5, 0.6) is 0 Å². The molecule has 1 rings (SSSR count). The number of anilines is 1. The Morgan fingerprint density at radius 2 is 2.22 bits per heavy atom. The van der Waals surface area contributed by atoms with E-state index in [1.54, 1.807) is 0 Å². The molecule has 100 valence electrons. The number of hydrogen-bond acceptors (Lipinski definition) is 5. The number of pyridine rings is 1. The summed E-state index contributed by atoms with van der Waals surface area (Å²) in [5.74, 6) is -0.629. The molecule has 1 aromatic rings. The highest BCUT2D eigenvalue weighted by molar-refractivity contribution is 6.29. The number of nitrogens with one attached hydrogen (secondary N) is 1. The first-order valence-electron chi connectivity index (χ1n) is 5.47. The summed E-state index contributed by atoms with van der Waals surface area (Å²) < 4.78 is 5.08. The number of halogens is 1. The van der Waals surface area contributed by atoms with Crippen molar-refractivity contribution in [2.24, 2.45) is 0 Å². The Labute approximate surface area is 110 Å². The predicted octanol–water partition coefficient (Wildman–Crippen LogP) is 1.24. The van der Waals surface area contributed by atoms with E-state index in [2.05, 4.69) is 10.3 Å². The highest BCUT2D eigenvalue weighted by Crippen LogP contribution is 2.14. The van der Waals surface area contributed by atoms with E-state index in [0.717, 1.165) is 6.42 Å². The van der Waals surface area contributed by atoms with Crippen molar-refractivity contribution in [3.63, 3.8) is 0 Å². The molecule has 7 heteroatoms. The Bertz CT molecular complexity index is 401. The van der Waals surface area contributed by atoms with Crippen LogP contribution in [0.3, 0.4) is 0 Å². The van der Waals surface area contributed by atoms with Crippen molar-refractivity contribution in [2.75, 3.05) is 31.7 Å². The lowest BCUT2D eigenvalue weighted by atomic mass is 10.2. The molecule has 0 radical (unpaired) electrons. The molecule has 6 nitrogen and oxygen atoms in total. The molecule has 0 atom stereocenters. The van der Waals surface area contributed by atoms with Gasteiger partial charge in [-0.05, 0) is 18.6 Å². The van der Waals surface area contributed by atoms with E-state index < -0.39 is 5.97 Å². The zero-order chi connectivity index (χ0) is 13.4. The van der Waals surface area contributed by atoms with Crippen molar-refractivity contribution in [3.05, 3.63) is 22.8 Å². The van der Waals surface area contributed by atoms with Gasteiger partial charge >= 0.3 is 5.97 Å². The standard InChI is InChI=1S/C11H15ClN2O4/c12-9-6-8(11(16)17)7-10(14-9)13-2-1-4-18-5-3-15/h6-7,15H,1-5H2,(H,13,14)(H,16,17). The maximum Gasteiger partial charge on any atom is 0.335 e. The van der Waals surface area contributed by atoms with Gasteiger partial charge < -0.3 is 20.3 Å². The summed E-state index contributed by atoms with van der Waals surface area (Å²) in [5.41, 5.74) is 0.0917. The van der Waals surface area contributed by atoms with Crippen molar-refractivity contribution in [3.8, 4) is 0 Å². The second-order valence-electron chi connectivity index (χ2n) is 3.49. The minimum absolute atomic E-state index is 0.00521. The first-order chi connectivity index (χ1) is 8.63. The Morgan fingerprint density at radius 1 is 1.44 bits per heavy atom. The molecular weight excluding hydrogens is 260 g/mol. The van der Waals surface area contributed by atoms with Gasteiger partial charge in [-0.1, -0.05) is 11.6 Å². The van der Waals surface area contributed by atoms with E-state index in [1.807, 2.05) is 0 Å². The summed E-state index contributed by atoms with van der Waals surface area (Å²) in [5, 5.41) is 20.4. The van der Waals surface area contributed by atoms with Gasteiger partial charge in [0, 0.05) is 13.2 Å². The molecule has 0 aliphatic rings. The molecule has 1 aromatic heterocycles. The number of hydrogen-bond donors (Lipinski definition) is 3. The molecule has 0 fully saturated rings. The van der Waals surface area contributed by atoms with Crippen molar-refractivity contribution in [1.29, 1.82) is 0 Å². The first kappa shape index (κ1) is 14.7. The molecule has 0 unspecified atom stereocenters. The second kappa shape index (κ2) is 7.86. The largest absolute Gasteiger partial charge is 0.478 e. The van der Waals surface area contributed by atoms with Gasteiger partial charge in [0.15, 0.2) is 0 Å². The summed E-state index contributed by atoms with van der Waals surface area (Å²) in [6.45, 7) is 1.42. The molecule has 3 N–H and O–H groups in total. The SMILES string of the molecule is O=C(O)c1cc(Cl)nc(NCCCOCCO)c1. The molecule has 0 bridgehead atoms. The maximum atomic E-state index is 10.8. The van der Waals surface area contributed by atoms with Gasteiger partial charge in [0.05, 0.1) is 18.8 Å². The monoisotopic (exact) mass is 274 g/mol. The molecule has 0 amide bonds. The number of rotatable bonds is 8. The topological polar surface area (TPSA) is 91.7 Å². The number of nitrogens with zero attached hydrogens (tertiary/aromatic N) is 1. The molecule has 0 saturated heterocycles. The van der Waals surface area contributed by atoms with E-state index in [1.165, 1.54) is 12.1 Å². The van der Waals surface area contributed by atoms with E-state index in [4.69, 9.17) is 26.6 Å². The molecular formula is C11H15ClN2O4. The van der Waals surface area contributed by atoms with Gasteiger partial charge in [-0.25, -0.2) is 9.78 Å². The summed E-state index contributed by atoms with van der Waals surface area (Å²) in [7, 11) is 0. The number of ether oxygens (including phenoxy) is 1. The minimum atomic E-state index is -1.05. The summed E-state index contributed by atoms with van der Waals surface area (Å²) in [6.07, 6.45) is 0.719. The maximum absolute atomic E-state index is 10.8. The number of aromatic carboxylic acids is 1. The highest BCUT2D eigenvalue weighted by Gasteiger charge is 2.06. The third-order valence-corrected chi connectivity index (χ3v) is 2.24. The van der Waals surface area contributed by atoms with Crippen molar-refractivity contribution in [2.45, 2.75) is 6.42 Å². The van der Waals surface area contributed by atoms with Crippen LogP contribution in [0.15, 0.2) is 12.1 Å². The van der Waals surface area contributed by atoms with Crippen molar-refractivity contribution >= 4 is 23.4 Å². The second-order valence-corrected chi connectivity index (χ2v) is 3.87. The Hall–Kier alpha value is -1.37. The Balaban J connectivity index is 2.40. The quantitative estimate of drug-likeness (QED) is 0.488.